The molecule has 1 aliphatic rings. The highest BCUT2D eigenvalue weighted by molar-refractivity contribution is 5.05. The zero-order valence-corrected chi connectivity index (χ0v) is 7.73. The summed E-state index contributed by atoms with van der Waals surface area (Å²) in [5, 5.41) is 8.79. The molecule has 1 aliphatic heterocycles. The normalized spacial score (nSPS) is 24.0. The van der Waals surface area contributed by atoms with Crippen LogP contribution in [0.2, 0.25) is 0 Å². The van der Waals surface area contributed by atoms with Gasteiger partial charge in [-0.3, -0.25) is 4.90 Å². The number of rotatable bonds is 2. The van der Waals surface area contributed by atoms with Crippen molar-refractivity contribution in [1.29, 1.82) is 0 Å². The molecule has 0 saturated carbocycles. The second kappa shape index (κ2) is 3.47. The molecule has 1 unspecified atom stereocenters. The molecule has 1 saturated heterocycles. The molecular weight excluding hydrogens is 168 g/mol. The van der Waals surface area contributed by atoms with Crippen LogP contribution in [0, 0.1) is 0 Å². The Kier molecular flexibility index (Phi) is 2.33. The summed E-state index contributed by atoms with van der Waals surface area (Å²) >= 11 is 0. The lowest BCUT2D eigenvalue weighted by Crippen LogP contribution is -2.17. The van der Waals surface area contributed by atoms with Crippen LogP contribution < -0.4 is 0 Å². The lowest BCUT2D eigenvalue weighted by Gasteiger charge is -2.15. The molecule has 2 rings (SSSR count). The van der Waals surface area contributed by atoms with Gasteiger partial charge < -0.3 is 9.52 Å². The number of likely N-dealkylation sites (tertiary alicyclic amines) is 1. The molecule has 1 atom stereocenters. The minimum absolute atomic E-state index is 0.115. The third kappa shape index (κ3) is 1.59. The number of aliphatic hydroxyl groups excluding tert-OH is 1. The number of nitrogens with zero attached hydrogens (tertiary/aromatic N) is 2. The molecule has 4 nitrogen and oxygen atoms in total. The maximum absolute atomic E-state index is 8.79. The maximum Gasteiger partial charge on any atom is 0.220 e. The summed E-state index contributed by atoms with van der Waals surface area (Å²) < 4.78 is 5.09. The number of hydrogen-bond acceptors (Lipinski definition) is 4. The summed E-state index contributed by atoms with van der Waals surface area (Å²) in [6, 6.07) is 0.379. The predicted octanol–water partition coefficient (Wildman–Crippen LogP) is 0.934. The second-order valence-corrected chi connectivity index (χ2v) is 3.46. The Hall–Kier alpha value is -0.870. The fraction of sp³-hybridized carbons (Fsp3) is 0.667. The van der Waals surface area contributed by atoms with Gasteiger partial charge in [0, 0.05) is 0 Å². The van der Waals surface area contributed by atoms with Gasteiger partial charge in [-0.05, 0) is 26.4 Å². The van der Waals surface area contributed by atoms with E-state index >= 15 is 0 Å². The van der Waals surface area contributed by atoms with Crippen molar-refractivity contribution >= 4 is 0 Å². The van der Waals surface area contributed by atoms with Crippen LogP contribution in [0.5, 0.6) is 0 Å². The highest BCUT2D eigenvalue weighted by atomic mass is 16.4. The summed E-state index contributed by atoms with van der Waals surface area (Å²) in [5.41, 5.74) is 0.948. The van der Waals surface area contributed by atoms with Gasteiger partial charge in [-0.15, -0.1) is 0 Å². The number of aromatic nitrogens is 1. The lowest BCUT2D eigenvalue weighted by atomic mass is 10.2. The van der Waals surface area contributed by atoms with Crippen molar-refractivity contribution in [3.05, 3.63) is 17.8 Å². The molecule has 13 heavy (non-hydrogen) atoms. The van der Waals surface area contributed by atoms with Crippen molar-refractivity contribution in [2.45, 2.75) is 25.5 Å². The van der Waals surface area contributed by atoms with Crippen LogP contribution in [-0.2, 0) is 6.61 Å². The average Bonchev–Trinajstić information content (AvgIpc) is 2.71. The Balaban J connectivity index is 2.15. The van der Waals surface area contributed by atoms with Crippen LogP contribution in [0.15, 0.2) is 10.7 Å². The fourth-order valence-corrected chi connectivity index (χ4v) is 1.83. The summed E-state index contributed by atoms with van der Waals surface area (Å²) in [4.78, 5) is 6.47. The first-order valence-electron chi connectivity index (χ1n) is 4.56. The van der Waals surface area contributed by atoms with Crippen LogP contribution in [0.1, 0.15) is 30.5 Å². The molecule has 0 aliphatic carbocycles. The van der Waals surface area contributed by atoms with Crippen LogP contribution in [0.25, 0.3) is 0 Å². The predicted molar refractivity (Wildman–Crippen MR) is 47.0 cm³/mol. The van der Waals surface area contributed by atoms with E-state index in [0.29, 0.717) is 11.9 Å². The van der Waals surface area contributed by atoms with Crippen LogP contribution in [0.4, 0.5) is 0 Å². The summed E-state index contributed by atoms with van der Waals surface area (Å²) in [6.07, 6.45) is 3.99. The van der Waals surface area contributed by atoms with Gasteiger partial charge in [-0.25, -0.2) is 4.98 Å². The molecule has 0 amide bonds. The fourth-order valence-electron chi connectivity index (χ4n) is 1.83. The molecular formula is C9H14N2O2. The van der Waals surface area contributed by atoms with Crippen molar-refractivity contribution in [3.63, 3.8) is 0 Å². The van der Waals surface area contributed by atoms with Crippen LogP contribution in [0.3, 0.4) is 0 Å². The standard InChI is InChI=1S/C9H14N2O2/c1-11-4-2-3-8(11)7-6-13-9(5-12)10-7/h6,8,12H,2-5H2,1H3. The Labute approximate surface area is 77.2 Å². The van der Waals surface area contributed by atoms with Crippen molar-refractivity contribution in [2.75, 3.05) is 13.6 Å². The number of hydrogen-bond donors (Lipinski definition) is 1. The van der Waals surface area contributed by atoms with Gasteiger partial charge in [-0.2, -0.15) is 0 Å². The highest BCUT2D eigenvalue weighted by Gasteiger charge is 2.25. The van der Waals surface area contributed by atoms with E-state index in [9.17, 15) is 0 Å². The van der Waals surface area contributed by atoms with E-state index in [2.05, 4.69) is 16.9 Å². The quantitative estimate of drug-likeness (QED) is 0.739. The molecule has 2 heterocycles. The van der Waals surface area contributed by atoms with Crippen molar-refractivity contribution < 1.29 is 9.52 Å². The molecule has 72 valence electrons. The van der Waals surface area contributed by atoms with E-state index in [1.165, 1.54) is 6.42 Å². The van der Waals surface area contributed by atoms with E-state index in [-0.39, 0.29) is 6.61 Å². The minimum atomic E-state index is -0.115. The van der Waals surface area contributed by atoms with E-state index in [1.54, 1.807) is 6.26 Å². The minimum Gasteiger partial charge on any atom is -0.446 e. The van der Waals surface area contributed by atoms with Crippen LogP contribution in [-0.4, -0.2) is 28.6 Å². The van der Waals surface area contributed by atoms with E-state index in [4.69, 9.17) is 9.52 Å². The lowest BCUT2D eigenvalue weighted by molar-refractivity contribution is 0.240. The molecule has 0 radical (unpaired) electrons. The van der Waals surface area contributed by atoms with Gasteiger partial charge in [0.25, 0.3) is 0 Å². The van der Waals surface area contributed by atoms with E-state index in [1.807, 2.05) is 0 Å². The largest absolute Gasteiger partial charge is 0.446 e. The molecule has 0 spiro atoms. The Morgan fingerprint density at radius 2 is 2.62 bits per heavy atom. The Bertz CT molecular complexity index is 285. The van der Waals surface area contributed by atoms with Crippen molar-refractivity contribution in [1.82, 2.24) is 9.88 Å². The first kappa shape index (κ1) is 8.72. The average molecular weight is 182 g/mol. The molecule has 1 aromatic heterocycles. The topological polar surface area (TPSA) is 49.5 Å². The highest BCUT2D eigenvalue weighted by Crippen LogP contribution is 2.29. The van der Waals surface area contributed by atoms with E-state index < -0.39 is 0 Å². The third-order valence-corrected chi connectivity index (χ3v) is 2.57. The number of oxazole rings is 1. The Morgan fingerprint density at radius 1 is 1.77 bits per heavy atom. The number of aliphatic hydroxyl groups is 1. The Morgan fingerprint density at radius 3 is 3.15 bits per heavy atom. The molecule has 1 N–H and O–H groups in total. The van der Waals surface area contributed by atoms with Crippen molar-refractivity contribution in [2.24, 2.45) is 0 Å². The summed E-state index contributed by atoms with van der Waals surface area (Å²) in [5.74, 6) is 0.412. The summed E-state index contributed by atoms with van der Waals surface area (Å²) in [6.45, 7) is 1.00. The van der Waals surface area contributed by atoms with Gasteiger partial charge >= 0.3 is 0 Å². The summed E-state index contributed by atoms with van der Waals surface area (Å²) in [7, 11) is 2.09. The first-order chi connectivity index (χ1) is 6.31. The molecule has 0 bridgehead atoms. The zero-order chi connectivity index (χ0) is 9.26. The zero-order valence-electron chi connectivity index (χ0n) is 7.73. The molecule has 1 aromatic rings. The van der Waals surface area contributed by atoms with Gasteiger partial charge in [0.1, 0.15) is 12.9 Å². The van der Waals surface area contributed by atoms with Gasteiger partial charge in [0.05, 0.1) is 11.7 Å². The van der Waals surface area contributed by atoms with E-state index in [0.717, 1.165) is 18.7 Å². The SMILES string of the molecule is CN1CCCC1c1coc(CO)n1. The third-order valence-electron chi connectivity index (χ3n) is 2.57. The first-order valence-corrected chi connectivity index (χ1v) is 4.56. The van der Waals surface area contributed by atoms with Crippen LogP contribution >= 0.6 is 0 Å². The smallest absolute Gasteiger partial charge is 0.220 e. The molecule has 4 heteroatoms. The van der Waals surface area contributed by atoms with Gasteiger partial charge in [0.2, 0.25) is 5.89 Å². The van der Waals surface area contributed by atoms with Crippen molar-refractivity contribution in [3.8, 4) is 0 Å². The van der Waals surface area contributed by atoms with Gasteiger partial charge in [0.15, 0.2) is 0 Å². The second-order valence-electron chi connectivity index (χ2n) is 3.46. The van der Waals surface area contributed by atoms with Gasteiger partial charge in [-0.1, -0.05) is 0 Å². The maximum atomic E-state index is 8.79. The molecule has 1 fully saturated rings. The molecule has 0 aromatic carbocycles. The monoisotopic (exact) mass is 182 g/mol.